The van der Waals surface area contributed by atoms with Crippen LogP contribution in [0.2, 0.25) is 0 Å². The van der Waals surface area contributed by atoms with Gasteiger partial charge >= 0.3 is 0 Å². The lowest BCUT2D eigenvalue weighted by Crippen LogP contribution is -2.04. The molecule has 0 aliphatic rings. The molecule has 2 aromatic rings. The second kappa shape index (κ2) is 4.21. The first-order chi connectivity index (χ1) is 7.56. The van der Waals surface area contributed by atoms with Crippen molar-refractivity contribution in [1.82, 2.24) is 14.8 Å². The van der Waals surface area contributed by atoms with Crippen molar-refractivity contribution >= 4 is 21.9 Å². The van der Waals surface area contributed by atoms with Crippen molar-refractivity contribution < 1.29 is 4.39 Å². The maximum absolute atomic E-state index is 12.9. The molecule has 0 saturated heterocycles. The Kier molecular flexibility index (Phi) is 2.91. The molecular formula is C10H10BrFN4. The highest BCUT2D eigenvalue weighted by Gasteiger charge is 2.07. The van der Waals surface area contributed by atoms with Gasteiger partial charge in [0.25, 0.3) is 0 Å². The van der Waals surface area contributed by atoms with Crippen molar-refractivity contribution in [3.8, 4) is 0 Å². The van der Waals surface area contributed by atoms with Gasteiger partial charge < -0.3 is 5.73 Å². The SMILES string of the molecule is Cc1cc(F)ccc1Cn1nc(N)nc1Br. The van der Waals surface area contributed by atoms with E-state index in [1.165, 1.54) is 12.1 Å². The Balaban J connectivity index is 2.30. The molecule has 1 aromatic heterocycles. The minimum atomic E-state index is -0.238. The molecule has 0 aliphatic carbocycles. The van der Waals surface area contributed by atoms with E-state index in [4.69, 9.17) is 5.73 Å². The van der Waals surface area contributed by atoms with Crippen LogP contribution in [0.4, 0.5) is 10.3 Å². The van der Waals surface area contributed by atoms with E-state index in [1.54, 1.807) is 10.7 Å². The van der Waals surface area contributed by atoms with Gasteiger partial charge in [-0.05, 0) is 46.1 Å². The van der Waals surface area contributed by atoms with Crippen molar-refractivity contribution in [2.45, 2.75) is 13.5 Å². The van der Waals surface area contributed by atoms with Crippen LogP contribution in [-0.4, -0.2) is 14.8 Å². The van der Waals surface area contributed by atoms with E-state index >= 15 is 0 Å². The molecule has 0 unspecified atom stereocenters. The maximum Gasteiger partial charge on any atom is 0.240 e. The molecule has 0 saturated carbocycles. The molecule has 4 nitrogen and oxygen atoms in total. The van der Waals surface area contributed by atoms with Crippen molar-refractivity contribution in [3.05, 3.63) is 39.9 Å². The Hall–Kier alpha value is -1.43. The number of anilines is 1. The van der Waals surface area contributed by atoms with E-state index in [1.807, 2.05) is 6.92 Å². The minimum Gasteiger partial charge on any atom is -0.366 e. The van der Waals surface area contributed by atoms with Crippen LogP contribution in [0.15, 0.2) is 22.9 Å². The summed E-state index contributed by atoms with van der Waals surface area (Å²) in [6, 6.07) is 4.65. The molecule has 6 heteroatoms. The first-order valence-electron chi connectivity index (χ1n) is 4.67. The smallest absolute Gasteiger partial charge is 0.240 e. The van der Waals surface area contributed by atoms with E-state index < -0.39 is 0 Å². The number of aromatic nitrogens is 3. The second-order valence-electron chi connectivity index (χ2n) is 3.47. The van der Waals surface area contributed by atoms with Gasteiger partial charge in [-0.25, -0.2) is 9.07 Å². The van der Waals surface area contributed by atoms with Gasteiger partial charge in [-0.1, -0.05) is 6.07 Å². The topological polar surface area (TPSA) is 56.7 Å². The van der Waals surface area contributed by atoms with Crippen molar-refractivity contribution in [2.75, 3.05) is 5.73 Å². The van der Waals surface area contributed by atoms with Gasteiger partial charge in [0.1, 0.15) is 5.82 Å². The van der Waals surface area contributed by atoms with Crippen LogP contribution in [0.5, 0.6) is 0 Å². The molecule has 0 bridgehead atoms. The number of hydrogen-bond acceptors (Lipinski definition) is 3. The summed E-state index contributed by atoms with van der Waals surface area (Å²) in [6.07, 6.45) is 0. The molecule has 0 aliphatic heterocycles. The zero-order valence-electron chi connectivity index (χ0n) is 8.61. The number of nitrogens with two attached hydrogens (primary N) is 1. The van der Waals surface area contributed by atoms with Crippen LogP contribution >= 0.6 is 15.9 Å². The Bertz CT molecular complexity index is 524. The van der Waals surface area contributed by atoms with Gasteiger partial charge in [0.15, 0.2) is 4.73 Å². The zero-order chi connectivity index (χ0) is 11.7. The molecule has 1 heterocycles. The number of aryl methyl sites for hydroxylation is 1. The standard InChI is InChI=1S/C10H10BrFN4/c1-6-4-8(12)3-2-7(6)5-16-9(11)14-10(13)15-16/h2-4H,5H2,1H3,(H2,13,15). The molecule has 84 valence electrons. The first-order valence-corrected chi connectivity index (χ1v) is 5.46. The highest BCUT2D eigenvalue weighted by molar-refractivity contribution is 9.10. The molecule has 0 atom stereocenters. The Morgan fingerprint density at radius 2 is 2.25 bits per heavy atom. The van der Waals surface area contributed by atoms with E-state index in [-0.39, 0.29) is 11.8 Å². The predicted molar refractivity (Wildman–Crippen MR) is 62.4 cm³/mol. The van der Waals surface area contributed by atoms with Gasteiger partial charge in [0.05, 0.1) is 6.54 Å². The van der Waals surface area contributed by atoms with Gasteiger partial charge in [-0.2, -0.15) is 4.98 Å². The average molecular weight is 285 g/mol. The Morgan fingerprint density at radius 3 is 2.81 bits per heavy atom. The number of halogens is 2. The molecule has 0 fully saturated rings. The van der Waals surface area contributed by atoms with Crippen LogP contribution in [0.3, 0.4) is 0 Å². The first kappa shape index (κ1) is 11.1. The number of nitrogens with zero attached hydrogens (tertiary/aromatic N) is 3. The molecule has 0 spiro atoms. The Morgan fingerprint density at radius 1 is 1.50 bits per heavy atom. The van der Waals surface area contributed by atoms with Crippen molar-refractivity contribution in [3.63, 3.8) is 0 Å². The van der Waals surface area contributed by atoms with Crippen LogP contribution in [-0.2, 0) is 6.54 Å². The lowest BCUT2D eigenvalue weighted by molar-refractivity contribution is 0.621. The van der Waals surface area contributed by atoms with Gasteiger partial charge in [0.2, 0.25) is 5.95 Å². The molecular weight excluding hydrogens is 275 g/mol. The molecule has 1 aromatic carbocycles. The summed E-state index contributed by atoms with van der Waals surface area (Å²) in [6.45, 7) is 2.36. The molecule has 0 radical (unpaired) electrons. The van der Waals surface area contributed by atoms with Crippen LogP contribution in [0.25, 0.3) is 0 Å². The van der Waals surface area contributed by atoms with E-state index in [9.17, 15) is 4.39 Å². The van der Waals surface area contributed by atoms with Crippen molar-refractivity contribution in [1.29, 1.82) is 0 Å². The number of rotatable bonds is 2. The molecule has 2 rings (SSSR count). The fourth-order valence-corrected chi connectivity index (χ4v) is 1.82. The lowest BCUT2D eigenvalue weighted by Gasteiger charge is -2.06. The maximum atomic E-state index is 12.9. The summed E-state index contributed by atoms with van der Waals surface area (Å²) in [5, 5.41) is 4.01. The van der Waals surface area contributed by atoms with Crippen molar-refractivity contribution in [2.24, 2.45) is 0 Å². The van der Waals surface area contributed by atoms with Gasteiger partial charge in [-0.15, -0.1) is 5.10 Å². The summed E-state index contributed by atoms with van der Waals surface area (Å²) in [7, 11) is 0. The number of hydrogen-bond donors (Lipinski definition) is 1. The quantitative estimate of drug-likeness (QED) is 0.919. The molecule has 16 heavy (non-hydrogen) atoms. The highest BCUT2D eigenvalue weighted by atomic mass is 79.9. The summed E-state index contributed by atoms with van der Waals surface area (Å²) in [5.41, 5.74) is 7.32. The minimum absolute atomic E-state index is 0.214. The summed E-state index contributed by atoms with van der Waals surface area (Å²) in [5.74, 6) is -0.0231. The third-order valence-electron chi connectivity index (χ3n) is 2.27. The zero-order valence-corrected chi connectivity index (χ0v) is 10.2. The van der Waals surface area contributed by atoms with Crippen LogP contribution in [0, 0.1) is 12.7 Å². The third-order valence-corrected chi connectivity index (χ3v) is 2.85. The number of nitrogen functional groups attached to an aromatic ring is 1. The third kappa shape index (κ3) is 2.21. The average Bonchev–Trinajstić information content (AvgIpc) is 2.50. The Labute approximate surface area is 100 Å². The van der Waals surface area contributed by atoms with Crippen LogP contribution in [0.1, 0.15) is 11.1 Å². The largest absolute Gasteiger partial charge is 0.366 e. The normalized spacial score (nSPS) is 10.7. The van der Waals surface area contributed by atoms with Crippen LogP contribution < -0.4 is 5.73 Å². The van der Waals surface area contributed by atoms with E-state index in [2.05, 4.69) is 26.0 Å². The fourth-order valence-electron chi connectivity index (χ4n) is 1.44. The summed E-state index contributed by atoms with van der Waals surface area (Å²) in [4.78, 5) is 3.93. The lowest BCUT2D eigenvalue weighted by atomic mass is 10.1. The van der Waals surface area contributed by atoms with E-state index in [0.29, 0.717) is 11.3 Å². The van der Waals surface area contributed by atoms with Gasteiger partial charge in [0, 0.05) is 0 Å². The fraction of sp³-hybridized carbons (Fsp3) is 0.200. The summed E-state index contributed by atoms with van der Waals surface area (Å²) < 4.78 is 15.1. The summed E-state index contributed by atoms with van der Waals surface area (Å²) >= 11 is 3.25. The highest BCUT2D eigenvalue weighted by Crippen LogP contribution is 2.15. The second-order valence-corrected chi connectivity index (χ2v) is 4.18. The van der Waals surface area contributed by atoms with Gasteiger partial charge in [-0.3, -0.25) is 0 Å². The van der Waals surface area contributed by atoms with E-state index in [0.717, 1.165) is 11.1 Å². The predicted octanol–water partition coefficient (Wildman–Crippen LogP) is 2.12. The molecule has 2 N–H and O–H groups in total. The molecule has 0 amide bonds. The number of benzene rings is 1. The monoisotopic (exact) mass is 284 g/mol.